The van der Waals surface area contributed by atoms with Gasteiger partial charge in [0, 0.05) is 3.57 Å². The molecule has 2 rings (SSSR count). The van der Waals surface area contributed by atoms with E-state index in [-0.39, 0.29) is 0 Å². The first-order valence-electron chi connectivity index (χ1n) is 6.54. The van der Waals surface area contributed by atoms with Gasteiger partial charge in [0.05, 0.1) is 0 Å². The van der Waals surface area contributed by atoms with Crippen LogP contribution in [-0.4, -0.2) is 0 Å². The van der Waals surface area contributed by atoms with Gasteiger partial charge in [0.1, 0.15) is 12.4 Å². The van der Waals surface area contributed by atoms with Crippen LogP contribution in [0.2, 0.25) is 0 Å². The fourth-order valence-electron chi connectivity index (χ4n) is 1.87. The van der Waals surface area contributed by atoms with Crippen molar-refractivity contribution in [1.29, 1.82) is 0 Å². The van der Waals surface area contributed by atoms with E-state index < -0.39 is 0 Å². The Morgan fingerprint density at radius 3 is 2.37 bits per heavy atom. The topological polar surface area (TPSA) is 9.23 Å². The van der Waals surface area contributed by atoms with Crippen molar-refractivity contribution in [2.24, 2.45) is 0 Å². The van der Waals surface area contributed by atoms with Gasteiger partial charge < -0.3 is 4.74 Å². The van der Waals surface area contributed by atoms with E-state index in [0.29, 0.717) is 12.5 Å². The van der Waals surface area contributed by atoms with Crippen molar-refractivity contribution in [3.05, 3.63) is 62.7 Å². The maximum absolute atomic E-state index is 5.95. The molecule has 0 amide bonds. The molecule has 0 saturated carbocycles. The first-order chi connectivity index (χ1) is 9.06. The molecular formula is C17H19IO. The Labute approximate surface area is 129 Å². The van der Waals surface area contributed by atoms with Crippen molar-refractivity contribution in [2.75, 3.05) is 0 Å². The molecular weight excluding hydrogens is 347 g/mol. The number of rotatable bonds is 4. The van der Waals surface area contributed by atoms with Crippen LogP contribution in [0.15, 0.2) is 42.5 Å². The molecule has 0 spiro atoms. The van der Waals surface area contributed by atoms with Crippen molar-refractivity contribution >= 4 is 22.6 Å². The van der Waals surface area contributed by atoms with Crippen LogP contribution in [0.3, 0.4) is 0 Å². The molecule has 1 nitrogen and oxygen atoms in total. The van der Waals surface area contributed by atoms with Crippen molar-refractivity contribution < 1.29 is 4.74 Å². The first-order valence-corrected chi connectivity index (χ1v) is 7.62. The summed E-state index contributed by atoms with van der Waals surface area (Å²) in [4.78, 5) is 0. The molecule has 2 aromatic rings. The Morgan fingerprint density at radius 1 is 1.05 bits per heavy atom. The van der Waals surface area contributed by atoms with Crippen molar-refractivity contribution in [3.8, 4) is 5.75 Å². The minimum Gasteiger partial charge on any atom is -0.489 e. The van der Waals surface area contributed by atoms with Crippen LogP contribution in [0.5, 0.6) is 5.75 Å². The van der Waals surface area contributed by atoms with Gasteiger partial charge in [-0.3, -0.25) is 0 Å². The molecule has 0 aliphatic rings. The van der Waals surface area contributed by atoms with Crippen LogP contribution < -0.4 is 4.74 Å². The van der Waals surface area contributed by atoms with E-state index in [2.05, 4.69) is 85.8 Å². The molecule has 2 heteroatoms. The fraction of sp³-hybridized carbons (Fsp3) is 0.294. The summed E-state index contributed by atoms with van der Waals surface area (Å²) < 4.78 is 7.20. The van der Waals surface area contributed by atoms with Crippen molar-refractivity contribution in [2.45, 2.75) is 33.3 Å². The summed E-state index contributed by atoms with van der Waals surface area (Å²) in [6.45, 7) is 7.12. The fourth-order valence-corrected chi connectivity index (χ4v) is 2.23. The third kappa shape index (κ3) is 3.96. The van der Waals surface area contributed by atoms with Gasteiger partial charge in [0.25, 0.3) is 0 Å². The number of ether oxygens (including phenoxy) is 1. The molecule has 0 N–H and O–H groups in total. The van der Waals surface area contributed by atoms with E-state index in [9.17, 15) is 0 Å². The summed E-state index contributed by atoms with van der Waals surface area (Å²) in [5, 5.41) is 0. The standard InChI is InChI=1S/C17H19IO/c1-12(2)15-7-4-13(3)17(10-15)19-11-14-5-8-16(18)9-6-14/h4-10,12H,11H2,1-3H3. The summed E-state index contributed by atoms with van der Waals surface area (Å²) in [5.41, 5.74) is 3.72. The normalized spacial score (nSPS) is 10.8. The number of halogens is 1. The minimum absolute atomic E-state index is 0.529. The molecule has 0 aliphatic heterocycles. The van der Waals surface area contributed by atoms with Crippen LogP contribution in [-0.2, 0) is 6.61 Å². The highest BCUT2D eigenvalue weighted by molar-refractivity contribution is 14.1. The van der Waals surface area contributed by atoms with Crippen LogP contribution in [0, 0.1) is 10.5 Å². The smallest absolute Gasteiger partial charge is 0.122 e. The Hall–Kier alpha value is -1.03. The predicted molar refractivity (Wildman–Crippen MR) is 88.8 cm³/mol. The van der Waals surface area contributed by atoms with E-state index >= 15 is 0 Å². The number of hydrogen-bond donors (Lipinski definition) is 0. The quantitative estimate of drug-likeness (QED) is 0.667. The largest absolute Gasteiger partial charge is 0.489 e. The van der Waals surface area contributed by atoms with Crippen LogP contribution in [0.4, 0.5) is 0 Å². The van der Waals surface area contributed by atoms with E-state index in [0.717, 1.165) is 5.75 Å². The molecule has 100 valence electrons. The molecule has 0 radical (unpaired) electrons. The summed E-state index contributed by atoms with van der Waals surface area (Å²) >= 11 is 2.31. The van der Waals surface area contributed by atoms with Gasteiger partial charge in [-0.05, 0) is 70.3 Å². The average Bonchev–Trinajstić information content (AvgIpc) is 2.39. The molecule has 19 heavy (non-hydrogen) atoms. The molecule has 0 saturated heterocycles. The second-order valence-electron chi connectivity index (χ2n) is 5.09. The van der Waals surface area contributed by atoms with Crippen LogP contribution in [0.25, 0.3) is 0 Å². The van der Waals surface area contributed by atoms with E-state index in [4.69, 9.17) is 4.74 Å². The SMILES string of the molecule is Cc1ccc(C(C)C)cc1OCc1ccc(I)cc1. The second-order valence-corrected chi connectivity index (χ2v) is 6.34. The lowest BCUT2D eigenvalue weighted by Gasteiger charge is -2.13. The van der Waals surface area contributed by atoms with Gasteiger partial charge in [-0.1, -0.05) is 38.1 Å². The summed E-state index contributed by atoms with van der Waals surface area (Å²) in [7, 11) is 0. The van der Waals surface area contributed by atoms with Gasteiger partial charge in [-0.15, -0.1) is 0 Å². The van der Waals surface area contributed by atoms with Gasteiger partial charge in [-0.2, -0.15) is 0 Å². The maximum Gasteiger partial charge on any atom is 0.122 e. The summed E-state index contributed by atoms with van der Waals surface area (Å²) in [6.07, 6.45) is 0. The van der Waals surface area contributed by atoms with Gasteiger partial charge in [0.15, 0.2) is 0 Å². The maximum atomic E-state index is 5.95. The van der Waals surface area contributed by atoms with E-state index in [1.54, 1.807) is 0 Å². The molecule has 0 aromatic heterocycles. The first kappa shape index (κ1) is 14.4. The van der Waals surface area contributed by atoms with Gasteiger partial charge in [-0.25, -0.2) is 0 Å². The number of aryl methyl sites for hydroxylation is 1. The summed E-state index contributed by atoms with van der Waals surface area (Å²) in [6, 6.07) is 14.9. The Balaban J connectivity index is 2.10. The Morgan fingerprint density at radius 2 is 1.74 bits per heavy atom. The molecule has 0 aliphatic carbocycles. The van der Waals surface area contributed by atoms with Crippen LogP contribution in [0.1, 0.15) is 36.5 Å². The monoisotopic (exact) mass is 366 g/mol. The highest BCUT2D eigenvalue weighted by atomic mass is 127. The number of benzene rings is 2. The highest BCUT2D eigenvalue weighted by Crippen LogP contribution is 2.25. The zero-order valence-corrected chi connectivity index (χ0v) is 13.8. The zero-order chi connectivity index (χ0) is 13.8. The Kier molecular flexibility index (Phi) is 4.86. The zero-order valence-electron chi connectivity index (χ0n) is 11.6. The van der Waals surface area contributed by atoms with Crippen molar-refractivity contribution in [1.82, 2.24) is 0 Å². The summed E-state index contributed by atoms with van der Waals surface area (Å²) in [5.74, 6) is 1.52. The lowest BCUT2D eigenvalue weighted by molar-refractivity contribution is 0.303. The third-order valence-electron chi connectivity index (χ3n) is 3.19. The number of hydrogen-bond acceptors (Lipinski definition) is 1. The minimum atomic E-state index is 0.529. The predicted octanol–water partition coefficient (Wildman–Crippen LogP) is 5.30. The second kappa shape index (κ2) is 6.42. The van der Waals surface area contributed by atoms with E-state index in [1.807, 2.05) is 0 Å². The van der Waals surface area contributed by atoms with Crippen molar-refractivity contribution in [3.63, 3.8) is 0 Å². The molecule has 0 unspecified atom stereocenters. The highest BCUT2D eigenvalue weighted by Gasteiger charge is 2.05. The average molecular weight is 366 g/mol. The molecule has 0 bridgehead atoms. The van der Waals surface area contributed by atoms with Gasteiger partial charge >= 0.3 is 0 Å². The third-order valence-corrected chi connectivity index (χ3v) is 3.91. The molecule has 0 fully saturated rings. The molecule has 0 heterocycles. The lowest BCUT2D eigenvalue weighted by atomic mass is 10.0. The molecule has 2 aromatic carbocycles. The van der Waals surface area contributed by atoms with E-state index in [1.165, 1.54) is 20.3 Å². The molecule has 0 atom stereocenters. The lowest BCUT2D eigenvalue weighted by Crippen LogP contribution is -1.98. The van der Waals surface area contributed by atoms with Crippen LogP contribution >= 0.6 is 22.6 Å². The van der Waals surface area contributed by atoms with Gasteiger partial charge in [0.2, 0.25) is 0 Å². The Bertz CT molecular complexity index is 544.